The van der Waals surface area contributed by atoms with Gasteiger partial charge in [0.25, 0.3) is 0 Å². The highest BCUT2D eigenvalue weighted by atomic mass is 79.9. The van der Waals surface area contributed by atoms with Gasteiger partial charge in [0.15, 0.2) is 5.78 Å². The van der Waals surface area contributed by atoms with Gasteiger partial charge in [-0.25, -0.2) is 0 Å². The second-order valence-electron chi connectivity index (χ2n) is 4.84. The molecule has 0 unspecified atom stereocenters. The van der Waals surface area contributed by atoms with E-state index in [1.165, 1.54) is 11.8 Å². The molecule has 1 saturated carbocycles. The van der Waals surface area contributed by atoms with Crippen LogP contribution in [0, 0.1) is 5.92 Å². The predicted molar refractivity (Wildman–Crippen MR) is 88.8 cm³/mol. The number of ether oxygens (including phenoxy) is 1. The molecule has 1 fully saturated rings. The van der Waals surface area contributed by atoms with Gasteiger partial charge in [0, 0.05) is 11.5 Å². The summed E-state index contributed by atoms with van der Waals surface area (Å²) in [7, 11) is 0. The summed E-state index contributed by atoms with van der Waals surface area (Å²) >= 11 is 10.5. The highest BCUT2D eigenvalue weighted by Gasteiger charge is 2.31. The summed E-state index contributed by atoms with van der Waals surface area (Å²) in [4.78, 5) is 25.0. The largest absolute Gasteiger partial charge is 0.490 e. The van der Waals surface area contributed by atoms with Crippen LogP contribution in [0.15, 0.2) is 21.5 Å². The maximum Gasteiger partial charge on any atom is 0.171 e. The summed E-state index contributed by atoms with van der Waals surface area (Å²) in [5, 5.41) is 0. The molecule has 2 rings (SSSR count). The number of alkyl halides is 1. The van der Waals surface area contributed by atoms with Crippen molar-refractivity contribution in [2.45, 2.75) is 24.2 Å². The maximum absolute atomic E-state index is 12.4. The molecule has 0 saturated heterocycles. The highest BCUT2D eigenvalue weighted by Crippen LogP contribution is 2.39. The van der Waals surface area contributed by atoms with Gasteiger partial charge in [0.05, 0.1) is 21.7 Å². The molecule has 6 heteroatoms. The van der Waals surface area contributed by atoms with Crippen LogP contribution in [0.4, 0.5) is 0 Å². The third-order valence-corrected chi connectivity index (χ3v) is 4.85. The summed E-state index contributed by atoms with van der Waals surface area (Å²) in [6, 6.07) is 3.52. The van der Waals surface area contributed by atoms with Crippen LogP contribution in [0.1, 0.15) is 29.6 Å². The molecule has 0 N–H and O–H groups in total. The Hall–Kier alpha value is -0.520. The summed E-state index contributed by atoms with van der Waals surface area (Å²) in [5.41, 5.74) is 0.546. The van der Waals surface area contributed by atoms with E-state index in [4.69, 9.17) is 16.3 Å². The summed E-state index contributed by atoms with van der Waals surface area (Å²) in [6.45, 7) is 0.367. The van der Waals surface area contributed by atoms with E-state index in [2.05, 4.69) is 15.9 Å². The quantitative estimate of drug-likeness (QED) is 0.286. The molecule has 0 aliphatic heterocycles. The molecule has 0 bridgehead atoms. The lowest BCUT2D eigenvalue weighted by Gasteiger charge is -2.14. The first-order valence-electron chi connectivity index (χ1n) is 6.69. The Kier molecular flexibility index (Phi) is 6.14. The zero-order chi connectivity index (χ0) is 15.4. The van der Waals surface area contributed by atoms with Crippen molar-refractivity contribution < 1.29 is 14.3 Å². The molecule has 0 aromatic heterocycles. The molecule has 1 aromatic carbocycles. The number of Topliss-reactive ketones (excluding diaryl/α,β-unsaturated/α-hetero) is 2. The van der Waals surface area contributed by atoms with E-state index in [-0.39, 0.29) is 23.9 Å². The van der Waals surface area contributed by atoms with Crippen molar-refractivity contribution in [1.29, 1.82) is 0 Å². The lowest BCUT2D eigenvalue weighted by Crippen LogP contribution is -2.11. The van der Waals surface area contributed by atoms with Gasteiger partial charge in [-0.1, -0.05) is 0 Å². The van der Waals surface area contributed by atoms with Gasteiger partial charge in [0.2, 0.25) is 0 Å². The number of ketones is 2. The van der Waals surface area contributed by atoms with Crippen molar-refractivity contribution in [3.8, 4) is 5.75 Å². The van der Waals surface area contributed by atoms with Crippen LogP contribution in [-0.4, -0.2) is 30.3 Å². The van der Waals surface area contributed by atoms with Crippen molar-refractivity contribution in [2.75, 3.05) is 18.7 Å². The number of hydrogen-bond donors (Lipinski definition) is 0. The topological polar surface area (TPSA) is 43.4 Å². The first kappa shape index (κ1) is 16.8. The normalized spacial score (nSPS) is 14.0. The summed E-state index contributed by atoms with van der Waals surface area (Å²) in [6.07, 6.45) is 3.71. The van der Waals surface area contributed by atoms with Crippen molar-refractivity contribution in [2.24, 2.45) is 5.92 Å². The second-order valence-corrected chi connectivity index (χ2v) is 6.88. The molecule has 0 radical (unpaired) electrons. The monoisotopic (exact) mass is 390 g/mol. The van der Waals surface area contributed by atoms with Gasteiger partial charge in [-0.3, -0.25) is 9.59 Å². The Morgan fingerprint density at radius 3 is 2.71 bits per heavy atom. The van der Waals surface area contributed by atoms with Gasteiger partial charge in [-0.15, -0.1) is 23.4 Å². The number of benzene rings is 1. The van der Waals surface area contributed by atoms with E-state index < -0.39 is 0 Å². The average molecular weight is 392 g/mol. The van der Waals surface area contributed by atoms with Gasteiger partial charge in [-0.2, -0.15) is 0 Å². The smallest absolute Gasteiger partial charge is 0.171 e. The van der Waals surface area contributed by atoms with Crippen LogP contribution in [0.3, 0.4) is 0 Å². The van der Waals surface area contributed by atoms with Crippen LogP contribution >= 0.6 is 39.3 Å². The number of carbonyl (C=O) groups excluding carboxylic acids is 2. The first-order valence-corrected chi connectivity index (χ1v) is 9.24. The average Bonchev–Trinajstić information content (AvgIpc) is 3.29. The maximum atomic E-state index is 12.4. The van der Waals surface area contributed by atoms with E-state index in [9.17, 15) is 9.59 Å². The van der Waals surface area contributed by atoms with Gasteiger partial charge >= 0.3 is 0 Å². The Balaban J connectivity index is 2.24. The van der Waals surface area contributed by atoms with E-state index in [1.807, 2.05) is 6.26 Å². The highest BCUT2D eigenvalue weighted by molar-refractivity contribution is 9.10. The molecule has 3 nitrogen and oxygen atoms in total. The van der Waals surface area contributed by atoms with Crippen LogP contribution in [0.2, 0.25) is 0 Å². The van der Waals surface area contributed by atoms with Crippen LogP contribution in [0.5, 0.6) is 5.75 Å². The van der Waals surface area contributed by atoms with Crippen LogP contribution < -0.4 is 4.74 Å². The minimum Gasteiger partial charge on any atom is -0.490 e. The molecule has 0 atom stereocenters. The Morgan fingerprint density at radius 2 is 2.14 bits per heavy atom. The standard InChI is InChI=1S/C15H16BrClO3S/c1-21-15-10(13(19)8-12(18)9-2-3-9)4-5-11(16)14(15)20-7-6-17/h4-5,9H,2-3,6-8H2,1H3. The lowest BCUT2D eigenvalue weighted by molar-refractivity contribution is -0.119. The lowest BCUT2D eigenvalue weighted by atomic mass is 10.0. The van der Waals surface area contributed by atoms with E-state index in [0.717, 1.165) is 22.2 Å². The molecule has 1 aliphatic rings. The number of halogens is 2. The van der Waals surface area contributed by atoms with Gasteiger partial charge < -0.3 is 4.74 Å². The van der Waals surface area contributed by atoms with Crippen LogP contribution in [-0.2, 0) is 4.79 Å². The minimum absolute atomic E-state index is 0.0190. The number of carbonyl (C=O) groups is 2. The van der Waals surface area contributed by atoms with Crippen LogP contribution in [0.25, 0.3) is 0 Å². The summed E-state index contributed by atoms with van der Waals surface area (Å²) < 4.78 is 6.41. The number of hydrogen-bond acceptors (Lipinski definition) is 4. The Labute approximate surface area is 141 Å². The Bertz CT molecular complexity index is 558. The molecular weight excluding hydrogens is 376 g/mol. The van der Waals surface area contributed by atoms with Crippen molar-refractivity contribution >= 4 is 50.9 Å². The number of thioether (sulfide) groups is 1. The molecule has 114 valence electrons. The third kappa shape index (κ3) is 4.24. The van der Waals surface area contributed by atoms with Gasteiger partial charge in [-0.05, 0) is 47.2 Å². The predicted octanol–water partition coefficient (Wildman–Crippen LogP) is 4.34. The van der Waals surface area contributed by atoms with E-state index >= 15 is 0 Å². The SMILES string of the molecule is CSc1c(C(=O)CC(=O)C2CC2)ccc(Br)c1OCCCl. The van der Waals surface area contributed by atoms with Crippen molar-refractivity contribution in [1.82, 2.24) is 0 Å². The number of rotatable bonds is 8. The first-order chi connectivity index (χ1) is 10.1. The minimum atomic E-state index is -0.139. The van der Waals surface area contributed by atoms with Gasteiger partial charge in [0.1, 0.15) is 18.1 Å². The van der Waals surface area contributed by atoms with Crippen molar-refractivity contribution in [3.63, 3.8) is 0 Å². The molecule has 21 heavy (non-hydrogen) atoms. The fourth-order valence-corrected chi connectivity index (χ4v) is 3.45. The molecular formula is C15H16BrClO3S. The van der Waals surface area contributed by atoms with E-state index in [1.54, 1.807) is 12.1 Å². The fraction of sp³-hybridized carbons (Fsp3) is 0.467. The third-order valence-electron chi connectivity index (χ3n) is 3.26. The molecule has 0 amide bonds. The Morgan fingerprint density at radius 1 is 1.43 bits per heavy atom. The zero-order valence-corrected chi connectivity index (χ0v) is 14.8. The molecule has 0 spiro atoms. The second kappa shape index (κ2) is 7.65. The van der Waals surface area contributed by atoms with Crippen molar-refractivity contribution in [3.05, 3.63) is 22.2 Å². The fourth-order valence-electron chi connectivity index (χ4n) is 2.04. The molecule has 1 aliphatic carbocycles. The molecule has 0 heterocycles. The molecule has 1 aromatic rings. The zero-order valence-electron chi connectivity index (χ0n) is 11.7. The summed E-state index contributed by atoms with van der Waals surface area (Å²) in [5.74, 6) is 1.01. The van der Waals surface area contributed by atoms with E-state index in [0.29, 0.717) is 23.8 Å².